The Hall–Kier alpha value is -1.47. The molecule has 92 heavy (non-hydrogen) atoms. The monoisotopic (exact) mass is 1320 g/mol. The summed E-state index contributed by atoms with van der Waals surface area (Å²) < 4.78 is 34.2. The van der Waals surface area contributed by atoms with Crippen molar-refractivity contribution in [3.63, 3.8) is 0 Å². The van der Waals surface area contributed by atoms with Crippen LogP contribution in [0.1, 0.15) is 316 Å². The highest BCUT2D eigenvalue weighted by Gasteiger charge is 2.53. The fraction of sp³-hybridized carbons (Fsp3) is 0.959. The minimum Gasteiger partial charge on any atom is -0.394 e. The molecule has 0 aromatic rings. The van der Waals surface area contributed by atoms with E-state index in [0.29, 0.717) is 6.42 Å². The molecule has 0 aromatic heterocycles. The number of hydrogen-bond donors (Lipinski definition) is 12. The average molecular weight is 1320 g/mol. The first kappa shape index (κ1) is 84.8. The minimum atomic E-state index is -1.97. The Kier molecular flexibility index (Phi) is 51.0. The van der Waals surface area contributed by atoms with Crippen LogP contribution in [0.3, 0.4) is 0 Å². The number of aliphatic hydroxyl groups is 11. The van der Waals surface area contributed by atoms with Crippen LogP contribution in [0.25, 0.3) is 0 Å². The fourth-order valence-corrected chi connectivity index (χ4v) is 13.2. The summed E-state index contributed by atoms with van der Waals surface area (Å²) in [5, 5.41) is 120. The van der Waals surface area contributed by atoms with Gasteiger partial charge >= 0.3 is 0 Å². The molecule has 12 N–H and O–H groups in total. The summed E-state index contributed by atoms with van der Waals surface area (Å²) in [4.78, 5) is 13.3. The summed E-state index contributed by atoms with van der Waals surface area (Å²) in [6.45, 7) is 1.66. The van der Waals surface area contributed by atoms with Gasteiger partial charge < -0.3 is 89.9 Å². The summed E-state index contributed by atoms with van der Waals surface area (Å²) in [5.74, 6) is -0.275. The van der Waals surface area contributed by atoms with Gasteiger partial charge in [-0.2, -0.15) is 0 Å². The molecule has 3 fully saturated rings. The van der Waals surface area contributed by atoms with E-state index in [-0.39, 0.29) is 18.9 Å². The number of ether oxygens (including phenoxy) is 6. The van der Waals surface area contributed by atoms with E-state index < -0.39 is 124 Å². The van der Waals surface area contributed by atoms with Crippen LogP contribution in [0, 0.1) is 0 Å². The van der Waals surface area contributed by atoms with E-state index in [4.69, 9.17) is 28.4 Å². The van der Waals surface area contributed by atoms with Crippen molar-refractivity contribution in [3.05, 3.63) is 12.2 Å². The summed E-state index contributed by atoms with van der Waals surface area (Å²) >= 11 is 0. The molecule has 19 heteroatoms. The van der Waals surface area contributed by atoms with Gasteiger partial charge in [-0.25, -0.2) is 0 Å². The fourth-order valence-electron chi connectivity index (χ4n) is 13.2. The predicted molar refractivity (Wildman–Crippen MR) is 360 cm³/mol. The SMILES string of the molecule is CCCCCC/C=C/C(O)C(COC1OC(CO)C(OC2OC(CO)C(OC3OC(CO)C(O)C(O)C3O)C(O)C2O)C(O)C1O)NC(=O)CCCCCCCCCCCCCCCCCCCCCCCCCCCCCCCCCCCCCCCCCCC. The summed E-state index contributed by atoms with van der Waals surface area (Å²) in [6, 6.07) is -0.966. The predicted octanol–water partition coefficient (Wildman–Crippen LogP) is 11.2. The largest absolute Gasteiger partial charge is 0.394 e. The van der Waals surface area contributed by atoms with Gasteiger partial charge in [0.25, 0.3) is 0 Å². The van der Waals surface area contributed by atoms with E-state index in [1.165, 1.54) is 238 Å². The first-order valence-electron chi connectivity index (χ1n) is 37.9. The lowest BCUT2D eigenvalue weighted by Crippen LogP contribution is -2.66. The Balaban J connectivity index is 1.19. The summed E-state index contributed by atoms with van der Waals surface area (Å²) in [6.07, 6.45) is 37.6. The quantitative estimate of drug-likeness (QED) is 0.0199. The Morgan fingerprint density at radius 1 is 0.380 bits per heavy atom. The first-order chi connectivity index (χ1) is 44.8. The molecule has 3 rings (SSSR count). The maximum absolute atomic E-state index is 13.3. The van der Waals surface area contributed by atoms with Crippen molar-refractivity contribution in [2.45, 2.75) is 420 Å². The second kappa shape index (κ2) is 55.4. The van der Waals surface area contributed by atoms with E-state index >= 15 is 0 Å². The molecular weight excluding hydrogens is 1180 g/mol. The van der Waals surface area contributed by atoms with Gasteiger partial charge in [-0.05, 0) is 19.3 Å². The first-order valence-corrected chi connectivity index (χ1v) is 37.9. The molecule has 3 saturated heterocycles. The molecule has 0 spiro atoms. The molecular formula is C73H139NO18. The second-order valence-corrected chi connectivity index (χ2v) is 27.5. The standard InChI is InChI=1S/C73H139NO18/c1-3-5-7-9-11-12-13-14-15-16-17-18-19-20-21-22-23-24-25-26-27-28-29-30-31-32-33-34-35-36-37-38-39-40-41-42-43-44-45-47-49-51-61(79)74-56(57(78)50-48-46-10-8-6-4-2)55-87-71-67(85)64(82)69(59(53-76)89-71)92-73-68(86)65(83)70(60(54-77)90-73)91-72-66(84)63(81)62(80)58(52-75)88-72/h48,50,56-60,62-73,75-78,80-86H,3-47,49,51-55H2,1-2H3,(H,74,79)/b50-48+. The Morgan fingerprint density at radius 2 is 0.674 bits per heavy atom. The number of aliphatic hydroxyl groups excluding tert-OH is 11. The van der Waals surface area contributed by atoms with Crippen LogP contribution in [-0.2, 0) is 33.2 Å². The van der Waals surface area contributed by atoms with Crippen LogP contribution in [0.15, 0.2) is 12.2 Å². The number of amides is 1. The zero-order chi connectivity index (χ0) is 66.8. The molecule has 3 heterocycles. The molecule has 3 aliphatic heterocycles. The zero-order valence-electron chi connectivity index (χ0n) is 57.8. The molecule has 17 atom stereocenters. The Bertz CT molecular complexity index is 1720. The van der Waals surface area contributed by atoms with E-state index in [1.807, 2.05) is 6.08 Å². The van der Waals surface area contributed by atoms with E-state index in [1.54, 1.807) is 6.08 Å². The molecule has 0 aliphatic carbocycles. The molecule has 0 bridgehead atoms. The minimum absolute atomic E-state index is 0.248. The van der Waals surface area contributed by atoms with Crippen molar-refractivity contribution in [1.82, 2.24) is 5.32 Å². The van der Waals surface area contributed by atoms with Crippen LogP contribution in [0.4, 0.5) is 0 Å². The summed E-state index contributed by atoms with van der Waals surface area (Å²) in [5.41, 5.74) is 0. The van der Waals surface area contributed by atoms with E-state index in [0.717, 1.165) is 51.4 Å². The third kappa shape index (κ3) is 36.4. The lowest BCUT2D eigenvalue weighted by atomic mass is 9.96. The van der Waals surface area contributed by atoms with E-state index in [2.05, 4.69) is 19.2 Å². The maximum atomic E-state index is 13.3. The van der Waals surface area contributed by atoms with Crippen molar-refractivity contribution < 1.29 is 89.4 Å². The molecule has 0 saturated carbocycles. The highest BCUT2D eigenvalue weighted by atomic mass is 16.8. The molecule has 544 valence electrons. The second-order valence-electron chi connectivity index (χ2n) is 27.5. The van der Waals surface area contributed by atoms with Gasteiger partial charge in [-0.1, -0.05) is 302 Å². The lowest BCUT2D eigenvalue weighted by molar-refractivity contribution is -0.379. The van der Waals surface area contributed by atoms with Crippen LogP contribution in [0.5, 0.6) is 0 Å². The number of rotatable bonds is 60. The van der Waals surface area contributed by atoms with Crippen LogP contribution < -0.4 is 5.32 Å². The van der Waals surface area contributed by atoms with Crippen LogP contribution in [-0.4, -0.2) is 193 Å². The normalized spacial score (nSPS) is 27.7. The molecule has 3 aliphatic rings. The van der Waals surface area contributed by atoms with Crippen molar-refractivity contribution in [2.75, 3.05) is 26.4 Å². The smallest absolute Gasteiger partial charge is 0.220 e. The highest BCUT2D eigenvalue weighted by Crippen LogP contribution is 2.33. The van der Waals surface area contributed by atoms with Crippen molar-refractivity contribution >= 4 is 5.91 Å². The molecule has 1 amide bonds. The third-order valence-electron chi connectivity index (χ3n) is 19.3. The third-order valence-corrected chi connectivity index (χ3v) is 19.3. The topological polar surface area (TPSA) is 307 Å². The number of carbonyl (C=O) groups excluding carboxylic acids is 1. The van der Waals surface area contributed by atoms with Crippen molar-refractivity contribution in [2.24, 2.45) is 0 Å². The van der Waals surface area contributed by atoms with Gasteiger partial charge in [0, 0.05) is 6.42 Å². The number of nitrogens with one attached hydrogen (secondary N) is 1. The van der Waals surface area contributed by atoms with Crippen LogP contribution in [0.2, 0.25) is 0 Å². The lowest BCUT2D eigenvalue weighted by Gasteiger charge is -2.48. The Morgan fingerprint density at radius 3 is 1.02 bits per heavy atom. The van der Waals surface area contributed by atoms with Gasteiger partial charge in [0.15, 0.2) is 18.9 Å². The number of unbranched alkanes of at least 4 members (excludes halogenated alkanes) is 44. The Labute approximate surface area is 556 Å². The van der Waals surface area contributed by atoms with Gasteiger partial charge in [-0.15, -0.1) is 0 Å². The molecule has 19 nitrogen and oxygen atoms in total. The van der Waals surface area contributed by atoms with Crippen molar-refractivity contribution in [3.8, 4) is 0 Å². The molecule has 0 aromatic carbocycles. The molecule has 0 radical (unpaired) electrons. The number of allylic oxidation sites excluding steroid dienone is 1. The molecule has 17 unspecified atom stereocenters. The van der Waals surface area contributed by atoms with Crippen molar-refractivity contribution in [1.29, 1.82) is 0 Å². The number of hydrogen-bond acceptors (Lipinski definition) is 18. The van der Waals surface area contributed by atoms with Gasteiger partial charge in [0.05, 0.1) is 38.6 Å². The summed E-state index contributed by atoms with van der Waals surface area (Å²) in [7, 11) is 0. The zero-order valence-corrected chi connectivity index (χ0v) is 57.8. The number of carbonyl (C=O) groups is 1. The van der Waals surface area contributed by atoms with Gasteiger partial charge in [0.2, 0.25) is 5.91 Å². The highest BCUT2D eigenvalue weighted by molar-refractivity contribution is 5.76. The van der Waals surface area contributed by atoms with Gasteiger partial charge in [-0.3, -0.25) is 4.79 Å². The van der Waals surface area contributed by atoms with Crippen LogP contribution >= 0.6 is 0 Å². The van der Waals surface area contributed by atoms with Gasteiger partial charge in [0.1, 0.15) is 73.2 Å². The maximum Gasteiger partial charge on any atom is 0.220 e. The average Bonchev–Trinajstić information content (AvgIpc) is 0.844. The van der Waals surface area contributed by atoms with E-state index in [9.17, 15) is 61.0 Å².